The second kappa shape index (κ2) is 7.11. The van der Waals surface area contributed by atoms with Gasteiger partial charge >= 0.3 is 0 Å². The molecule has 0 aliphatic heterocycles. The number of carbonyl (C=O) groups excluding carboxylic acids is 1. The van der Waals surface area contributed by atoms with E-state index in [-0.39, 0.29) is 5.41 Å². The Bertz CT molecular complexity index is 455. The molecule has 0 spiro atoms. The zero-order chi connectivity index (χ0) is 15.3. The lowest BCUT2D eigenvalue weighted by atomic mass is 9.68. The molecule has 0 N–H and O–H groups in total. The van der Waals surface area contributed by atoms with Crippen molar-refractivity contribution in [1.29, 1.82) is 0 Å². The average molecular weight is 288 g/mol. The van der Waals surface area contributed by atoms with Crippen LogP contribution in [0.5, 0.6) is 5.75 Å². The van der Waals surface area contributed by atoms with Crippen LogP contribution in [0.4, 0.5) is 0 Å². The molecule has 0 saturated heterocycles. The Morgan fingerprint density at radius 3 is 2.33 bits per heavy atom. The monoisotopic (exact) mass is 288 g/mol. The molecule has 1 aliphatic rings. The number of rotatable bonds is 6. The van der Waals surface area contributed by atoms with Crippen LogP contribution >= 0.6 is 0 Å². The molecule has 1 atom stereocenters. The number of carbonyl (C=O) groups is 1. The van der Waals surface area contributed by atoms with E-state index in [1.807, 2.05) is 12.1 Å². The Morgan fingerprint density at radius 2 is 1.81 bits per heavy atom. The van der Waals surface area contributed by atoms with E-state index in [2.05, 4.69) is 19.1 Å². The summed E-state index contributed by atoms with van der Waals surface area (Å²) in [4.78, 5) is 12.1. The maximum Gasteiger partial charge on any atom is 0.135 e. The third-order valence-corrected chi connectivity index (χ3v) is 5.30. The van der Waals surface area contributed by atoms with Crippen molar-refractivity contribution >= 4 is 5.78 Å². The van der Waals surface area contributed by atoms with Crippen molar-refractivity contribution in [1.82, 2.24) is 0 Å². The smallest absolute Gasteiger partial charge is 0.135 e. The Balaban J connectivity index is 1.97. The number of ketones is 1. The van der Waals surface area contributed by atoms with E-state index in [0.29, 0.717) is 11.7 Å². The molecule has 1 unspecified atom stereocenters. The van der Waals surface area contributed by atoms with Gasteiger partial charge in [0.05, 0.1) is 7.11 Å². The third-order valence-electron chi connectivity index (χ3n) is 5.30. The van der Waals surface area contributed by atoms with Crippen LogP contribution in [0.3, 0.4) is 0 Å². The van der Waals surface area contributed by atoms with Gasteiger partial charge in [0.2, 0.25) is 0 Å². The first-order valence-corrected chi connectivity index (χ1v) is 8.22. The summed E-state index contributed by atoms with van der Waals surface area (Å²) < 4.78 is 5.21. The van der Waals surface area contributed by atoms with Crippen molar-refractivity contribution in [2.75, 3.05) is 7.11 Å². The Morgan fingerprint density at radius 1 is 1.19 bits per heavy atom. The number of hydrogen-bond acceptors (Lipinski definition) is 2. The molecule has 1 aromatic rings. The van der Waals surface area contributed by atoms with Gasteiger partial charge in [-0.2, -0.15) is 0 Å². The van der Waals surface area contributed by atoms with Crippen molar-refractivity contribution in [3.63, 3.8) is 0 Å². The quantitative estimate of drug-likeness (QED) is 0.726. The van der Waals surface area contributed by atoms with Gasteiger partial charge in [-0.15, -0.1) is 0 Å². The molecule has 1 saturated carbocycles. The summed E-state index contributed by atoms with van der Waals surface area (Å²) in [5.41, 5.74) is 1.31. The van der Waals surface area contributed by atoms with Crippen molar-refractivity contribution in [2.24, 2.45) is 5.41 Å². The van der Waals surface area contributed by atoms with Crippen molar-refractivity contribution in [2.45, 2.75) is 64.7 Å². The zero-order valence-corrected chi connectivity index (χ0v) is 13.7. The molecular formula is C19H28O2. The molecule has 0 amide bonds. The second-order valence-electron chi connectivity index (χ2n) is 6.61. The summed E-state index contributed by atoms with van der Waals surface area (Å²) in [5.74, 6) is 1.80. The Kier molecular flexibility index (Phi) is 5.44. The average Bonchev–Trinajstić information content (AvgIpc) is 2.53. The van der Waals surface area contributed by atoms with E-state index in [4.69, 9.17) is 4.74 Å². The van der Waals surface area contributed by atoms with E-state index in [1.54, 1.807) is 14.0 Å². The lowest BCUT2D eigenvalue weighted by Crippen LogP contribution is -2.32. The third kappa shape index (κ3) is 3.87. The van der Waals surface area contributed by atoms with E-state index < -0.39 is 0 Å². The molecule has 1 aliphatic carbocycles. The predicted octanol–water partition coefficient (Wildman–Crippen LogP) is 5.12. The van der Waals surface area contributed by atoms with Crippen molar-refractivity contribution in [3.05, 3.63) is 29.8 Å². The fourth-order valence-electron chi connectivity index (χ4n) is 3.60. The molecule has 1 aromatic carbocycles. The number of hydrogen-bond donors (Lipinski definition) is 0. The normalized spacial score (nSPS) is 19.0. The summed E-state index contributed by atoms with van der Waals surface area (Å²) in [7, 11) is 1.69. The minimum Gasteiger partial charge on any atom is -0.497 e. The minimum absolute atomic E-state index is 0.0288. The maximum absolute atomic E-state index is 12.1. The SMILES string of the molecule is COc1ccc(C(C)CCC2(C(C)=O)CCCCC2)cc1. The largest absolute Gasteiger partial charge is 0.497 e. The molecule has 0 heterocycles. The lowest BCUT2D eigenvalue weighted by Gasteiger charge is -2.36. The summed E-state index contributed by atoms with van der Waals surface area (Å²) in [5, 5.41) is 0. The van der Waals surface area contributed by atoms with Crippen LogP contribution in [0.1, 0.15) is 70.3 Å². The van der Waals surface area contributed by atoms with E-state index in [0.717, 1.165) is 31.4 Å². The van der Waals surface area contributed by atoms with Crippen molar-refractivity contribution in [3.8, 4) is 5.75 Å². The van der Waals surface area contributed by atoms with Crippen LogP contribution in [0.2, 0.25) is 0 Å². The van der Waals surface area contributed by atoms with Gasteiger partial charge in [0.1, 0.15) is 11.5 Å². The van der Waals surface area contributed by atoms with Crippen LogP contribution < -0.4 is 4.74 Å². The molecule has 2 heteroatoms. The van der Waals surface area contributed by atoms with E-state index in [9.17, 15) is 4.79 Å². The van der Waals surface area contributed by atoms with Gasteiger partial charge < -0.3 is 4.74 Å². The van der Waals surface area contributed by atoms with Gasteiger partial charge in [-0.25, -0.2) is 0 Å². The van der Waals surface area contributed by atoms with E-state index >= 15 is 0 Å². The Hall–Kier alpha value is -1.31. The highest BCUT2D eigenvalue weighted by molar-refractivity contribution is 5.82. The lowest BCUT2D eigenvalue weighted by molar-refractivity contribution is -0.129. The zero-order valence-electron chi connectivity index (χ0n) is 13.7. The van der Waals surface area contributed by atoms with Gasteiger partial charge in [-0.3, -0.25) is 4.79 Å². The molecule has 0 radical (unpaired) electrons. The Labute approximate surface area is 128 Å². The summed E-state index contributed by atoms with van der Waals surface area (Å²) in [6.07, 6.45) is 8.05. The first-order valence-electron chi connectivity index (χ1n) is 8.22. The summed E-state index contributed by atoms with van der Waals surface area (Å²) >= 11 is 0. The van der Waals surface area contributed by atoms with Gasteiger partial charge in [-0.05, 0) is 56.2 Å². The predicted molar refractivity (Wildman–Crippen MR) is 86.8 cm³/mol. The molecule has 0 aromatic heterocycles. The van der Waals surface area contributed by atoms with Gasteiger partial charge in [0.15, 0.2) is 0 Å². The van der Waals surface area contributed by atoms with Gasteiger partial charge in [0, 0.05) is 5.41 Å². The highest BCUT2D eigenvalue weighted by Gasteiger charge is 2.36. The van der Waals surface area contributed by atoms with Crippen molar-refractivity contribution < 1.29 is 9.53 Å². The molecular weight excluding hydrogens is 260 g/mol. The first kappa shape index (κ1) is 16.1. The second-order valence-corrected chi connectivity index (χ2v) is 6.61. The highest BCUT2D eigenvalue weighted by Crippen LogP contribution is 2.42. The van der Waals surface area contributed by atoms with Crippen LogP contribution in [-0.2, 0) is 4.79 Å². The molecule has 116 valence electrons. The van der Waals surface area contributed by atoms with Gasteiger partial charge in [-0.1, -0.05) is 38.3 Å². The number of ether oxygens (including phenoxy) is 1. The van der Waals surface area contributed by atoms with E-state index in [1.165, 1.54) is 24.8 Å². The van der Waals surface area contributed by atoms with Crippen LogP contribution in [0.25, 0.3) is 0 Å². The van der Waals surface area contributed by atoms with Crippen LogP contribution in [-0.4, -0.2) is 12.9 Å². The maximum atomic E-state index is 12.1. The standard InChI is InChI=1S/C19H28O2/c1-15(17-7-9-18(21-3)10-8-17)11-14-19(16(2)20)12-5-4-6-13-19/h7-10,15H,4-6,11-14H2,1-3H3. The van der Waals surface area contributed by atoms with Gasteiger partial charge in [0.25, 0.3) is 0 Å². The molecule has 2 rings (SSSR count). The van der Waals surface area contributed by atoms with Crippen LogP contribution in [0.15, 0.2) is 24.3 Å². The molecule has 0 bridgehead atoms. The fourth-order valence-corrected chi connectivity index (χ4v) is 3.60. The number of benzene rings is 1. The topological polar surface area (TPSA) is 26.3 Å². The minimum atomic E-state index is -0.0288. The number of methoxy groups -OCH3 is 1. The first-order chi connectivity index (χ1) is 10.1. The molecule has 2 nitrogen and oxygen atoms in total. The molecule has 21 heavy (non-hydrogen) atoms. The highest BCUT2D eigenvalue weighted by atomic mass is 16.5. The molecule has 1 fully saturated rings. The number of Topliss-reactive ketones (excluding diaryl/α,β-unsaturated/α-hetero) is 1. The summed E-state index contributed by atoms with van der Waals surface area (Å²) in [6.45, 7) is 4.06. The van der Waals surface area contributed by atoms with Crippen LogP contribution in [0, 0.1) is 5.41 Å². The summed E-state index contributed by atoms with van der Waals surface area (Å²) in [6, 6.07) is 8.33. The fraction of sp³-hybridized carbons (Fsp3) is 0.632.